The zero-order chi connectivity index (χ0) is 14.7. The SMILES string of the molecule is [B][P+](c1ccccc1)(c1ccccc1)c1ccccc1I. The Balaban J connectivity index is 2.29. The first kappa shape index (κ1) is 14.8. The van der Waals surface area contributed by atoms with Crippen molar-refractivity contribution in [3.63, 3.8) is 0 Å². The third kappa shape index (κ3) is 2.80. The van der Waals surface area contributed by atoms with Gasteiger partial charge in [0.05, 0.1) is 26.6 Å². The van der Waals surface area contributed by atoms with E-state index in [0.29, 0.717) is 0 Å². The first-order valence-corrected chi connectivity index (χ1v) is 9.70. The fraction of sp³-hybridized carbons (Fsp3) is 0. The molecular weight excluding hydrogens is 385 g/mol. The van der Waals surface area contributed by atoms with Gasteiger partial charge in [0, 0.05) is 0 Å². The van der Waals surface area contributed by atoms with E-state index in [4.69, 9.17) is 7.57 Å². The molecule has 0 aliphatic rings. The van der Waals surface area contributed by atoms with E-state index in [1.54, 1.807) is 0 Å². The summed E-state index contributed by atoms with van der Waals surface area (Å²) in [7, 11) is 5.00. The van der Waals surface area contributed by atoms with E-state index in [0.717, 1.165) is 0 Å². The molecule has 0 atom stereocenters. The van der Waals surface area contributed by atoms with Crippen LogP contribution in [0.3, 0.4) is 0 Å². The topological polar surface area (TPSA) is 0 Å². The Morgan fingerprint density at radius 2 is 1.05 bits per heavy atom. The Morgan fingerprint density at radius 3 is 1.52 bits per heavy atom. The second kappa shape index (κ2) is 6.33. The summed E-state index contributed by atoms with van der Waals surface area (Å²) in [5, 5.41) is 3.66. The largest absolute Gasteiger partial charge is 0.383 e. The molecule has 0 unspecified atom stereocenters. The molecule has 0 aliphatic heterocycles. The molecule has 3 rings (SSSR count). The van der Waals surface area contributed by atoms with Crippen LogP contribution in [0.4, 0.5) is 0 Å². The van der Waals surface area contributed by atoms with Crippen LogP contribution in [0.15, 0.2) is 84.9 Å². The predicted molar refractivity (Wildman–Crippen MR) is 104 cm³/mol. The highest BCUT2D eigenvalue weighted by molar-refractivity contribution is 14.1. The van der Waals surface area contributed by atoms with E-state index in [1.807, 2.05) is 12.1 Å². The van der Waals surface area contributed by atoms with Crippen molar-refractivity contribution in [3.8, 4) is 0 Å². The minimum absolute atomic E-state index is 1.21. The summed E-state index contributed by atoms with van der Waals surface area (Å²) in [5.41, 5.74) is 0. The standard InChI is InChI=1S/C18H14BIP/c19-21(15-9-3-1-4-10-15,16-11-5-2-6-12-16)18-14-8-7-13-17(18)20/h1-14H/q+1. The fourth-order valence-corrected chi connectivity index (χ4v) is 6.89. The molecule has 2 radical (unpaired) electrons. The normalized spacial score (nSPS) is 11.3. The van der Waals surface area contributed by atoms with E-state index in [2.05, 4.69) is 95.4 Å². The molecule has 0 fully saturated rings. The molecule has 0 saturated carbocycles. The van der Waals surface area contributed by atoms with Gasteiger partial charge in [-0.15, -0.1) is 0 Å². The van der Waals surface area contributed by atoms with Gasteiger partial charge in [-0.05, 0) is 59.0 Å². The van der Waals surface area contributed by atoms with Crippen molar-refractivity contribution < 1.29 is 0 Å². The lowest BCUT2D eigenvalue weighted by atomic mass is 10.3. The van der Waals surface area contributed by atoms with Crippen molar-refractivity contribution in [3.05, 3.63) is 88.5 Å². The summed E-state index contributed by atoms with van der Waals surface area (Å²) in [5.74, 6) is 0. The Kier molecular flexibility index (Phi) is 4.47. The van der Waals surface area contributed by atoms with Crippen LogP contribution in [0, 0.1) is 3.57 Å². The van der Waals surface area contributed by atoms with Crippen molar-refractivity contribution in [2.45, 2.75) is 0 Å². The van der Waals surface area contributed by atoms with Gasteiger partial charge < -0.3 is 0 Å². The highest BCUT2D eigenvalue weighted by atomic mass is 127. The van der Waals surface area contributed by atoms with Crippen LogP contribution in [-0.2, 0) is 0 Å². The molecule has 0 amide bonds. The number of hydrogen-bond acceptors (Lipinski definition) is 0. The molecule has 0 nitrogen and oxygen atoms in total. The molecule has 0 saturated heterocycles. The van der Waals surface area contributed by atoms with Crippen molar-refractivity contribution >= 4 is 53.2 Å². The molecule has 100 valence electrons. The summed E-state index contributed by atoms with van der Waals surface area (Å²) in [6, 6.07) is 29.3. The molecule has 3 aromatic rings. The average Bonchev–Trinajstić information content (AvgIpc) is 2.56. The third-order valence-corrected chi connectivity index (χ3v) is 8.30. The number of benzene rings is 3. The van der Waals surface area contributed by atoms with E-state index in [-0.39, 0.29) is 0 Å². The molecule has 21 heavy (non-hydrogen) atoms. The summed E-state index contributed by atoms with van der Waals surface area (Å²) < 4.78 is 1.22. The van der Waals surface area contributed by atoms with Gasteiger partial charge in [-0.2, -0.15) is 0 Å². The van der Waals surface area contributed by atoms with Gasteiger partial charge in [0.1, 0.15) is 0 Å². The van der Waals surface area contributed by atoms with Crippen LogP contribution in [0.5, 0.6) is 0 Å². The Morgan fingerprint density at radius 1 is 0.619 bits per heavy atom. The molecule has 0 bridgehead atoms. The molecule has 0 N–H and O–H groups in total. The van der Waals surface area contributed by atoms with Crippen molar-refractivity contribution in [1.82, 2.24) is 0 Å². The Labute approximate surface area is 141 Å². The van der Waals surface area contributed by atoms with Gasteiger partial charge in [0.15, 0.2) is 0 Å². The minimum atomic E-state index is -2.07. The number of hydrogen-bond donors (Lipinski definition) is 0. The number of rotatable bonds is 3. The highest BCUT2D eigenvalue weighted by Gasteiger charge is 2.41. The van der Waals surface area contributed by atoms with Gasteiger partial charge in [0.2, 0.25) is 0 Å². The van der Waals surface area contributed by atoms with Gasteiger partial charge in [-0.25, -0.2) is 0 Å². The molecular formula is C18H14BIP+. The second-order valence-corrected chi connectivity index (χ2v) is 8.97. The highest BCUT2D eigenvalue weighted by Crippen LogP contribution is 2.51. The predicted octanol–water partition coefficient (Wildman–Crippen LogP) is 3.67. The van der Waals surface area contributed by atoms with Gasteiger partial charge in [0.25, 0.3) is 0 Å². The first-order chi connectivity index (χ1) is 10.2. The van der Waals surface area contributed by atoms with Crippen molar-refractivity contribution in [2.24, 2.45) is 0 Å². The quantitative estimate of drug-likeness (QED) is 0.359. The number of halogens is 1. The fourth-order valence-electron chi connectivity index (χ4n) is 2.49. The van der Waals surface area contributed by atoms with Gasteiger partial charge in [-0.1, -0.05) is 48.5 Å². The second-order valence-electron chi connectivity index (χ2n) is 4.85. The van der Waals surface area contributed by atoms with Crippen LogP contribution < -0.4 is 15.9 Å². The first-order valence-electron chi connectivity index (χ1n) is 6.77. The Hall–Kier alpha value is -1.12. The van der Waals surface area contributed by atoms with Crippen molar-refractivity contribution in [1.29, 1.82) is 0 Å². The minimum Gasteiger partial charge on any atom is -0.0620 e. The maximum absolute atomic E-state index is 7.07. The zero-order valence-electron chi connectivity index (χ0n) is 11.5. The molecule has 0 aromatic heterocycles. The van der Waals surface area contributed by atoms with Gasteiger partial charge >= 0.3 is 7.57 Å². The van der Waals surface area contributed by atoms with Crippen LogP contribution in [-0.4, -0.2) is 7.57 Å². The van der Waals surface area contributed by atoms with Crippen molar-refractivity contribution in [2.75, 3.05) is 0 Å². The Bertz CT molecular complexity index is 689. The van der Waals surface area contributed by atoms with E-state index in [1.165, 1.54) is 19.5 Å². The lowest BCUT2D eigenvalue weighted by Crippen LogP contribution is -2.32. The summed E-state index contributed by atoms with van der Waals surface area (Å²) in [6.45, 7) is 0. The van der Waals surface area contributed by atoms with E-state index in [9.17, 15) is 0 Å². The van der Waals surface area contributed by atoms with Crippen LogP contribution in [0.1, 0.15) is 0 Å². The van der Waals surface area contributed by atoms with Crippen LogP contribution in [0.25, 0.3) is 0 Å². The maximum atomic E-state index is 7.07. The van der Waals surface area contributed by atoms with E-state index < -0.39 is 7.14 Å². The third-order valence-electron chi connectivity index (χ3n) is 3.56. The van der Waals surface area contributed by atoms with Crippen LogP contribution in [0.2, 0.25) is 0 Å². The average molecular weight is 399 g/mol. The molecule has 3 heteroatoms. The zero-order valence-corrected chi connectivity index (χ0v) is 14.5. The molecule has 0 heterocycles. The molecule has 0 aliphatic carbocycles. The summed E-state index contributed by atoms with van der Waals surface area (Å²) >= 11 is 2.39. The smallest absolute Gasteiger partial charge is 0.0620 e. The lowest BCUT2D eigenvalue weighted by Gasteiger charge is -2.24. The summed E-state index contributed by atoms with van der Waals surface area (Å²) in [4.78, 5) is 0. The van der Waals surface area contributed by atoms with Gasteiger partial charge in [-0.3, -0.25) is 0 Å². The maximum Gasteiger partial charge on any atom is 0.383 e. The molecule has 3 aromatic carbocycles. The monoisotopic (exact) mass is 399 g/mol. The van der Waals surface area contributed by atoms with Crippen LogP contribution >= 0.6 is 29.7 Å². The van der Waals surface area contributed by atoms with E-state index >= 15 is 0 Å². The lowest BCUT2D eigenvalue weighted by molar-refractivity contribution is 1.70. The summed E-state index contributed by atoms with van der Waals surface area (Å²) in [6.07, 6.45) is 0. The molecule has 0 spiro atoms.